The molecule has 1 heteroatoms. The molecule has 138 valence electrons. The lowest BCUT2D eigenvalue weighted by atomic mass is 9.68. The van der Waals surface area contributed by atoms with Crippen molar-refractivity contribution in [2.75, 3.05) is 0 Å². The Kier molecular flexibility index (Phi) is 5.80. The highest BCUT2D eigenvalue weighted by atomic mass is 31.0. The fourth-order valence-corrected chi connectivity index (χ4v) is 5.50. The van der Waals surface area contributed by atoms with E-state index in [0.29, 0.717) is 0 Å². The van der Waals surface area contributed by atoms with Crippen LogP contribution in [0.4, 0.5) is 0 Å². The lowest BCUT2D eigenvalue weighted by Crippen LogP contribution is -2.24. The monoisotopic (exact) mass is 364 g/mol. The Morgan fingerprint density at radius 2 is 1.08 bits per heavy atom. The van der Waals surface area contributed by atoms with Gasteiger partial charge in [0.05, 0.1) is 0 Å². The molecule has 1 atom stereocenters. The second-order valence-corrected chi connectivity index (χ2v) is 9.54. The fraction of sp³-hybridized carbons (Fsp3) is 0.520. The van der Waals surface area contributed by atoms with Crippen molar-refractivity contribution in [3.63, 3.8) is 0 Å². The standard InChI is InChI=1S/C25H33P/c1-18-2-4-19(5-3-18)20-6-8-21(9-7-20)22-10-12-23(13-11-22)24-14-16-25(26)17-15-24/h10-21H,2-9,26H2,1H3. The minimum absolute atomic E-state index is 0.789. The molecule has 2 aliphatic rings. The summed E-state index contributed by atoms with van der Waals surface area (Å²) in [7, 11) is 2.76. The average molecular weight is 365 g/mol. The van der Waals surface area contributed by atoms with E-state index in [0.717, 1.165) is 23.7 Å². The second kappa shape index (κ2) is 8.26. The number of benzene rings is 2. The largest absolute Gasteiger partial charge is 0.106 e. The zero-order chi connectivity index (χ0) is 17.9. The van der Waals surface area contributed by atoms with E-state index in [1.807, 2.05) is 0 Å². The predicted octanol–water partition coefficient (Wildman–Crippen LogP) is 6.95. The summed E-state index contributed by atoms with van der Waals surface area (Å²) in [5, 5.41) is 1.24. The van der Waals surface area contributed by atoms with Gasteiger partial charge in [0.15, 0.2) is 0 Å². The van der Waals surface area contributed by atoms with Gasteiger partial charge in [-0.3, -0.25) is 0 Å². The highest BCUT2D eigenvalue weighted by molar-refractivity contribution is 7.27. The first kappa shape index (κ1) is 18.2. The van der Waals surface area contributed by atoms with Crippen molar-refractivity contribution in [2.45, 2.75) is 64.2 Å². The molecule has 2 fully saturated rings. The van der Waals surface area contributed by atoms with Gasteiger partial charge >= 0.3 is 0 Å². The van der Waals surface area contributed by atoms with Crippen molar-refractivity contribution in [1.29, 1.82) is 0 Å². The first-order valence-corrected chi connectivity index (χ1v) is 11.2. The second-order valence-electron chi connectivity index (χ2n) is 8.88. The molecule has 0 saturated heterocycles. The lowest BCUT2D eigenvalue weighted by molar-refractivity contribution is 0.165. The molecule has 2 aromatic rings. The van der Waals surface area contributed by atoms with Gasteiger partial charge in [0.1, 0.15) is 0 Å². The Hall–Kier alpha value is -1.13. The van der Waals surface area contributed by atoms with Crippen LogP contribution in [0.3, 0.4) is 0 Å². The fourth-order valence-electron chi connectivity index (χ4n) is 5.30. The normalized spacial score (nSPS) is 29.5. The maximum Gasteiger partial charge on any atom is -0.0162 e. The van der Waals surface area contributed by atoms with Gasteiger partial charge in [-0.1, -0.05) is 68.3 Å². The van der Waals surface area contributed by atoms with Gasteiger partial charge in [-0.2, -0.15) is 0 Å². The number of hydrogen-bond acceptors (Lipinski definition) is 0. The molecule has 4 rings (SSSR count). The Bertz CT molecular complexity index is 684. The average Bonchev–Trinajstić information content (AvgIpc) is 2.70. The van der Waals surface area contributed by atoms with Crippen LogP contribution >= 0.6 is 9.24 Å². The van der Waals surface area contributed by atoms with Crippen LogP contribution in [0, 0.1) is 17.8 Å². The van der Waals surface area contributed by atoms with Crippen molar-refractivity contribution < 1.29 is 0 Å². The van der Waals surface area contributed by atoms with Crippen LogP contribution in [0.5, 0.6) is 0 Å². The molecule has 0 aromatic heterocycles. The van der Waals surface area contributed by atoms with Crippen molar-refractivity contribution in [2.24, 2.45) is 17.8 Å². The molecule has 0 bridgehead atoms. The SMILES string of the molecule is CC1CCC(C2CCC(c3ccc(-c4ccc(P)cc4)cc3)CC2)CC1. The molecule has 0 nitrogen and oxygen atoms in total. The molecule has 0 amide bonds. The Morgan fingerprint density at radius 1 is 0.615 bits per heavy atom. The summed E-state index contributed by atoms with van der Waals surface area (Å²) >= 11 is 0. The Morgan fingerprint density at radius 3 is 1.62 bits per heavy atom. The Labute approximate surface area is 162 Å². The highest BCUT2D eigenvalue weighted by Crippen LogP contribution is 2.43. The molecule has 2 aromatic carbocycles. The first-order chi connectivity index (χ1) is 12.7. The van der Waals surface area contributed by atoms with E-state index in [4.69, 9.17) is 0 Å². The van der Waals surface area contributed by atoms with Crippen LogP contribution in [0.1, 0.15) is 69.8 Å². The van der Waals surface area contributed by atoms with E-state index in [9.17, 15) is 0 Å². The third-order valence-corrected chi connectivity index (χ3v) is 7.51. The minimum Gasteiger partial charge on any atom is -0.106 e. The van der Waals surface area contributed by atoms with Gasteiger partial charge in [0, 0.05) is 0 Å². The number of rotatable bonds is 3. The van der Waals surface area contributed by atoms with E-state index in [1.165, 1.54) is 67.8 Å². The molecule has 26 heavy (non-hydrogen) atoms. The summed E-state index contributed by atoms with van der Waals surface area (Å²) in [6.45, 7) is 2.44. The van der Waals surface area contributed by atoms with Crippen LogP contribution in [0.2, 0.25) is 0 Å². The van der Waals surface area contributed by atoms with E-state index in [-0.39, 0.29) is 0 Å². The molecule has 0 heterocycles. The first-order valence-electron chi connectivity index (χ1n) is 10.6. The van der Waals surface area contributed by atoms with E-state index in [2.05, 4.69) is 64.7 Å². The van der Waals surface area contributed by atoms with Crippen molar-refractivity contribution >= 4 is 14.5 Å². The topological polar surface area (TPSA) is 0 Å². The van der Waals surface area contributed by atoms with Gasteiger partial charge in [-0.15, -0.1) is 9.24 Å². The molecule has 0 radical (unpaired) electrons. The summed E-state index contributed by atoms with van der Waals surface area (Å²) in [5.41, 5.74) is 4.22. The van der Waals surface area contributed by atoms with E-state index in [1.54, 1.807) is 5.56 Å². The minimum atomic E-state index is 0.789. The third kappa shape index (κ3) is 4.23. The van der Waals surface area contributed by atoms with Gasteiger partial charge in [-0.05, 0) is 84.2 Å². The maximum absolute atomic E-state index is 2.76. The van der Waals surface area contributed by atoms with Gasteiger partial charge in [-0.25, -0.2) is 0 Å². The van der Waals surface area contributed by atoms with Crippen LogP contribution in [0.25, 0.3) is 11.1 Å². The Balaban J connectivity index is 1.35. The highest BCUT2D eigenvalue weighted by Gasteiger charge is 2.30. The quantitative estimate of drug-likeness (QED) is 0.517. The van der Waals surface area contributed by atoms with Crippen LogP contribution in [-0.4, -0.2) is 0 Å². The predicted molar refractivity (Wildman–Crippen MR) is 117 cm³/mol. The lowest BCUT2D eigenvalue weighted by Gasteiger charge is -2.37. The summed E-state index contributed by atoms with van der Waals surface area (Å²) in [5.74, 6) is 3.82. The van der Waals surface area contributed by atoms with E-state index < -0.39 is 0 Å². The van der Waals surface area contributed by atoms with Crippen molar-refractivity contribution in [3.05, 3.63) is 54.1 Å². The third-order valence-electron chi connectivity index (χ3n) is 7.13. The number of hydrogen-bond donors (Lipinski definition) is 0. The summed E-state index contributed by atoms with van der Waals surface area (Å²) in [4.78, 5) is 0. The van der Waals surface area contributed by atoms with Crippen LogP contribution < -0.4 is 5.30 Å². The molecule has 0 spiro atoms. The van der Waals surface area contributed by atoms with Crippen molar-refractivity contribution in [3.8, 4) is 11.1 Å². The van der Waals surface area contributed by atoms with Crippen LogP contribution in [0.15, 0.2) is 48.5 Å². The zero-order valence-electron chi connectivity index (χ0n) is 16.2. The smallest absolute Gasteiger partial charge is 0.0162 e. The summed E-state index contributed by atoms with van der Waals surface area (Å²) in [6, 6.07) is 18.2. The van der Waals surface area contributed by atoms with Crippen molar-refractivity contribution in [1.82, 2.24) is 0 Å². The molecule has 2 aliphatic carbocycles. The molecular weight excluding hydrogens is 331 g/mol. The molecular formula is C25H33P. The van der Waals surface area contributed by atoms with Crippen LogP contribution in [-0.2, 0) is 0 Å². The van der Waals surface area contributed by atoms with Gasteiger partial charge in [0.2, 0.25) is 0 Å². The van der Waals surface area contributed by atoms with Gasteiger partial charge in [0.25, 0.3) is 0 Å². The van der Waals surface area contributed by atoms with Gasteiger partial charge < -0.3 is 0 Å². The molecule has 2 saturated carbocycles. The molecule has 0 N–H and O–H groups in total. The molecule has 1 unspecified atom stereocenters. The summed E-state index contributed by atoms with van der Waals surface area (Å²) < 4.78 is 0. The summed E-state index contributed by atoms with van der Waals surface area (Å²) in [6.07, 6.45) is 11.7. The zero-order valence-corrected chi connectivity index (χ0v) is 17.3. The van der Waals surface area contributed by atoms with E-state index >= 15 is 0 Å². The molecule has 0 aliphatic heterocycles. The maximum atomic E-state index is 2.76.